The van der Waals surface area contributed by atoms with Crippen molar-refractivity contribution in [2.24, 2.45) is 35.1 Å². The maximum atomic E-state index is 13.0. The molecule has 7 atom stereocenters. The lowest BCUT2D eigenvalue weighted by Crippen LogP contribution is -2.60. The minimum atomic E-state index is -0.258. The van der Waals surface area contributed by atoms with Crippen LogP contribution in [-0.2, 0) is 9.53 Å². The van der Waals surface area contributed by atoms with E-state index in [1.54, 1.807) is 0 Å². The monoisotopic (exact) mass is 494 g/mol. The summed E-state index contributed by atoms with van der Waals surface area (Å²) in [5, 5.41) is 19.9. The number of nitrogens with two attached hydrogens (primary N) is 2. The van der Waals surface area contributed by atoms with Gasteiger partial charge in [-0.25, -0.2) is 0 Å². The molecule has 2 aliphatic carbocycles. The lowest BCUT2D eigenvalue weighted by molar-refractivity contribution is -0.126. The van der Waals surface area contributed by atoms with Crippen molar-refractivity contribution >= 4 is 5.91 Å². The van der Waals surface area contributed by atoms with Gasteiger partial charge >= 0.3 is 0 Å². The molecule has 0 aromatic rings. The quantitative estimate of drug-likeness (QED) is 0.226. The Morgan fingerprint density at radius 3 is 2.69 bits per heavy atom. The van der Waals surface area contributed by atoms with Crippen molar-refractivity contribution in [3.8, 4) is 0 Å². The topological polar surface area (TPSA) is 138 Å². The number of carbonyl (C=O) groups excluding carboxylic acids is 1. The minimum absolute atomic E-state index is 0.0473. The summed E-state index contributed by atoms with van der Waals surface area (Å²) in [6, 6.07) is 0.286. The summed E-state index contributed by atoms with van der Waals surface area (Å²) in [7, 11) is 0. The van der Waals surface area contributed by atoms with Crippen LogP contribution in [0.5, 0.6) is 0 Å². The average molecular weight is 495 g/mol. The van der Waals surface area contributed by atoms with E-state index >= 15 is 0 Å². The van der Waals surface area contributed by atoms with Gasteiger partial charge in [0.05, 0.1) is 25.0 Å². The molecule has 2 aliphatic heterocycles. The Labute approximate surface area is 211 Å². The van der Waals surface area contributed by atoms with Gasteiger partial charge < -0.3 is 37.3 Å². The van der Waals surface area contributed by atoms with Crippen LogP contribution in [-0.4, -0.2) is 86.3 Å². The van der Waals surface area contributed by atoms with Gasteiger partial charge in [0.25, 0.3) is 0 Å². The first kappa shape index (κ1) is 27.2. The fourth-order valence-corrected chi connectivity index (χ4v) is 7.01. The maximum absolute atomic E-state index is 13.0. The number of aliphatic hydroxyl groups is 1. The molecule has 35 heavy (non-hydrogen) atoms. The zero-order chi connectivity index (χ0) is 24.6. The number of ether oxygens (including phenoxy) is 1. The molecule has 2 saturated carbocycles. The molecule has 9 heteroatoms. The zero-order valence-electron chi connectivity index (χ0n) is 21.5. The second kappa shape index (κ2) is 13.7. The summed E-state index contributed by atoms with van der Waals surface area (Å²) in [6.07, 6.45) is 10.9. The highest BCUT2D eigenvalue weighted by atomic mass is 16.5. The summed E-state index contributed by atoms with van der Waals surface area (Å²) in [4.78, 5) is 15.1. The number of aliphatic hydroxyl groups excluding tert-OH is 1. The Morgan fingerprint density at radius 2 is 1.89 bits per heavy atom. The van der Waals surface area contributed by atoms with Gasteiger partial charge in [-0.2, -0.15) is 0 Å². The fourth-order valence-electron chi connectivity index (χ4n) is 7.01. The number of nitrogens with one attached hydrogen (secondary N) is 3. The lowest BCUT2D eigenvalue weighted by atomic mass is 9.78. The number of nitrogens with zero attached hydrogens (tertiary/aromatic N) is 1. The van der Waals surface area contributed by atoms with Gasteiger partial charge in [-0.05, 0) is 76.3 Å². The van der Waals surface area contributed by atoms with Crippen LogP contribution in [0.25, 0.3) is 0 Å². The van der Waals surface area contributed by atoms with Gasteiger partial charge in [0.1, 0.15) is 0 Å². The maximum Gasteiger partial charge on any atom is 0.223 e. The molecule has 2 saturated heterocycles. The molecule has 0 radical (unpaired) electrons. The van der Waals surface area contributed by atoms with Crippen molar-refractivity contribution in [3.05, 3.63) is 0 Å². The third-order valence-electron chi connectivity index (χ3n) is 9.11. The Kier molecular flexibility index (Phi) is 10.6. The molecular weight excluding hydrogens is 444 g/mol. The Balaban J connectivity index is 1.21. The van der Waals surface area contributed by atoms with Crippen LogP contribution in [0.15, 0.2) is 0 Å². The second-order valence-electron chi connectivity index (χ2n) is 11.4. The number of carbonyl (C=O) groups is 1. The first-order chi connectivity index (χ1) is 17.1. The first-order valence-corrected chi connectivity index (χ1v) is 14.3. The predicted molar refractivity (Wildman–Crippen MR) is 137 cm³/mol. The molecule has 2 heterocycles. The van der Waals surface area contributed by atoms with E-state index in [1.165, 1.54) is 19.3 Å². The predicted octanol–water partition coefficient (Wildman–Crippen LogP) is 0.320. The standard InChI is InChI=1S/C26H50N6O3/c27-23(32(12-13-33)25(28)19-7-10-29-11-8-19)17-30-22-6-2-4-20(15-22)26(34)31-16-21-5-1-3-18-9-14-35-24(18)21/h18-25,29-30,33H,1-17,27-28H2,(H,31,34). The Morgan fingerprint density at radius 1 is 1.09 bits per heavy atom. The summed E-state index contributed by atoms with van der Waals surface area (Å²) >= 11 is 0. The molecule has 4 rings (SSSR count). The van der Waals surface area contributed by atoms with E-state index in [2.05, 4.69) is 20.9 Å². The second-order valence-corrected chi connectivity index (χ2v) is 11.4. The summed E-state index contributed by atoms with van der Waals surface area (Å²) in [5.74, 6) is 1.83. The van der Waals surface area contributed by atoms with Gasteiger partial charge in [0, 0.05) is 44.1 Å². The lowest BCUT2D eigenvalue weighted by Gasteiger charge is -2.40. The minimum Gasteiger partial charge on any atom is -0.395 e. The van der Waals surface area contributed by atoms with E-state index in [-0.39, 0.29) is 36.8 Å². The number of amides is 1. The number of hydrogen-bond donors (Lipinski definition) is 6. The van der Waals surface area contributed by atoms with Gasteiger partial charge in [-0.3, -0.25) is 9.69 Å². The summed E-state index contributed by atoms with van der Waals surface area (Å²) < 4.78 is 6.01. The molecule has 0 spiro atoms. The van der Waals surface area contributed by atoms with Crippen LogP contribution in [0, 0.1) is 23.7 Å². The van der Waals surface area contributed by atoms with E-state index in [9.17, 15) is 9.90 Å². The van der Waals surface area contributed by atoms with E-state index in [4.69, 9.17) is 16.2 Å². The van der Waals surface area contributed by atoms with Crippen molar-refractivity contribution in [3.63, 3.8) is 0 Å². The first-order valence-electron chi connectivity index (χ1n) is 14.3. The van der Waals surface area contributed by atoms with Gasteiger partial charge in [0.2, 0.25) is 5.91 Å². The molecule has 0 aromatic carbocycles. The Hall–Kier alpha value is -0.810. The van der Waals surface area contributed by atoms with Crippen LogP contribution in [0.3, 0.4) is 0 Å². The van der Waals surface area contributed by atoms with E-state index in [0.717, 1.165) is 71.2 Å². The zero-order valence-corrected chi connectivity index (χ0v) is 21.5. The van der Waals surface area contributed by atoms with Crippen molar-refractivity contribution in [2.75, 3.05) is 45.9 Å². The summed E-state index contributed by atoms with van der Waals surface area (Å²) in [5.41, 5.74) is 13.2. The van der Waals surface area contributed by atoms with E-state index < -0.39 is 0 Å². The molecule has 0 bridgehead atoms. The molecule has 202 valence electrons. The molecule has 1 amide bonds. The number of rotatable bonds is 11. The average Bonchev–Trinajstić information content (AvgIpc) is 3.39. The Bertz CT molecular complexity index is 649. The molecule has 8 N–H and O–H groups in total. The van der Waals surface area contributed by atoms with E-state index in [0.29, 0.717) is 36.9 Å². The highest BCUT2D eigenvalue weighted by Crippen LogP contribution is 2.37. The highest BCUT2D eigenvalue weighted by Gasteiger charge is 2.38. The van der Waals surface area contributed by atoms with Crippen LogP contribution in [0.2, 0.25) is 0 Å². The molecule has 4 fully saturated rings. The van der Waals surface area contributed by atoms with Gasteiger partial charge in [0.15, 0.2) is 0 Å². The summed E-state index contributed by atoms with van der Waals surface area (Å²) in [6.45, 7) is 4.75. The number of piperidine rings is 1. The third kappa shape index (κ3) is 7.37. The van der Waals surface area contributed by atoms with Gasteiger partial charge in [-0.15, -0.1) is 0 Å². The van der Waals surface area contributed by atoms with Crippen LogP contribution >= 0.6 is 0 Å². The van der Waals surface area contributed by atoms with Crippen molar-refractivity contribution < 1.29 is 14.6 Å². The van der Waals surface area contributed by atoms with Gasteiger partial charge in [-0.1, -0.05) is 12.8 Å². The smallest absolute Gasteiger partial charge is 0.223 e. The van der Waals surface area contributed by atoms with Crippen LogP contribution < -0.4 is 27.4 Å². The number of hydrogen-bond acceptors (Lipinski definition) is 8. The van der Waals surface area contributed by atoms with Crippen LogP contribution in [0.1, 0.15) is 64.2 Å². The van der Waals surface area contributed by atoms with Crippen LogP contribution in [0.4, 0.5) is 0 Å². The fraction of sp³-hybridized carbons (Fsp3) is 0.962. The third-order valence-corrected chi connectivity index (χ3v) is 9.11. The molecular formula is C26H50N6O3. The van der Waals surface area contributed by atoms with Crippen molar-refractivity contribution in [2.45, 2.75) is 88.7 Å². The molecule has 7 unspecified atom stereocenters. The van der Waals surface area contributed by atoms with Crippen molar-refractivity contribution in [1.29, 1.82) is 0 Å². The molecule has 0 aromatic heterocycles. The molecule has 9 nitrogen and oxygen atoms in total. The largest absolute Gasteiger partial charge is 0.395 e. The van der Waals surface area contributed by atoms with Crippen molar-refractivity contribution in [1.82, 2.24) is 20.9 Å². The SMILES string of the molecule is NC(CNC1CCCC(C(=O)NCC2CCCC3CCOC32)C1)N(CCO)C(N)C1CCNCC1. The number of fused-ring (bicyclic) bond motifs is 1. The van der Waals surface area contributed by atoms with E-state index in [1.807, 2.05) is 0 Å². The molecule has 4 aliphatic rings. The normalized spacial score (nSPS) is 33.9. The highest BCUT2D eigenvalue weighted by molar-refractivity contribution is 5.78.